The highest BCUT2D eigenvalue weighted by Crippen LogP contribution is 2.28. The Morgan fingerprint density at radius 3 is 2.74 bits per heavy atom. The highest BCUT2D eigenvalue weighted by atomic mass is 32.2. The number of hydrogen-bond acceptors (Lipinski definition) is 4. The molecule has 1 N–H and O–H groups in total. The number of thioether (sulfide) groups is 1. The van der Waals surface area contributed by atoms with Crippen LogP contribution >= 0.6 is 11.8 Å². The highest BCUT2D eigenvalue weighted by molar-refractivity contribution is 7.98. The Balaban J connectivity index is 2.06. The van der Waals surface area contributed by atoms with E-state index in [0.29, 0.717) is 6.42 Å². The Labute approximate surface area is 115 Å². The van der Waals surface area contributed by atoms with Gasteiger partial charge in [0.2, 0.25) is 5.91 Å². The Morgan fingerprint density at radius 2 is 2.11 bits per heavy atom. The molecule has 2 aromatic rings. The number of rotatable bonds is 3. The highest BCUT2D eigenvalue weighted by Gasteiger charge is 2.28. The van der Waals surface area contributed by atoms with Crippen molar-refractivity contribution < 1.29 is 4.79 Å². The van der Waals surface area contributed by atoms with E-state index in [0.717, 1.165) is 23.1 Å². The molecular weight excluding hydrogens is 260 g/mol. The van der Waals surface area contributed by atoms with Crippen molar-refractivity contribution in [2.24, 2.45) is 0 Å². The zero-order valence-electron chi connectivity index (χ0n) is 10.5. The second kappa shape index (κ2) is 5.05. The number of benzene rings is 1. The van der Waals surface area contributed by atoms with Gasteiger partial charge in [-0.15, -0.1) is 10.2 Å². The second-order valence-electron chi connectivity index (χ2n) is 4.37. The molecule has 0 spiro atoms. The third-order valence-electron chi connectivity index (χ3n) is 3.16. The lowest BCUT2D eigenvalue weighted by molar-refractivity contribution is -0.119. The van der Waals surface area contributed by atoms with Gasteiger partial charge >= 0.3 is 0 Å². The Bertz CT molecular complexity index is 596. The maximum atomic E-state index is 11.4. The van der Waals surface area contributed by atoms with Crippen LogP contribution < -0.4 is 5.32 Å². The van der Waals surface area contributed by atoms with Crippen LogP contribution in [0.2, 0.25) is 0 Å². The molecular formula is C13H14N4OS. The summed E-state index contributed by atoms with van der Waals surface area (Å²) in [6.45, 7) is 0. The fourth-order valence-electron chi connectivity index (χ4n) is 2.27. The summed E-state index contributed by atoms with van der Waals surface area (Å²) in [5, 5.41) is 12.2. The molecule has 0 radical (unpaired) electrons. The van der Waals surface area contributed by atoms with Crippen LogP contribution in [0.4, 0.5) is 0 Å². The zero-order chi connectivity index (χ0) is 13.2. The molecule has 1 aromatic carbocycles. The molecule has 0 bridgehead atoms. The molecule has 3 rings (SSSR count). The molecule has 98 valence electrons. The van der Waals surface area contributed by atoms with Crippen molar-refractivity contribution in [1.82, 2.24) is 20.1 Å². The fraction of sp³-hybridized carbons (Fsp3) is 0.308. The summed E-state index contributed by atoms with van der Waals surface area (Å²) in [4.78, 5) is 11.4. The van der Waals surface area contributed by atoms with Gasteiger partial charge in [-0.3, -0.25) is 9.36 Å². The maximum absolute atomic E-state index is 11.4. The van der Waals surface area contributed by atoms with Gasteiger partial charge in [-0.2, -0.15) is 0 Å². The van der Waals surface area contributed by atoms with E-state index in [1.54, 1.807) is 11.8 Å². The van der Waals surface area contributed by atoms with E-state index in [2.05, 4.69) is 15.5 Å². The summed E-state index contributed by atoms with van der Waals surface area (Å²) in [5.74, 6) is 0.889. The molecule has 2 heterocycles. The van der Waals surface area contributed by atoms with E-state index in [1.807, 2.05) is 41.2 Å². The summed E-state index contributed by atoms with van der Waals surface area (Å²) in [6.07, 6.45) is 3.31. The quantitative estimate of drug-likeness (QED) is 0.869. The fourth-order valence-corrected chi connectivity index (χ4v) is 2.77. The van der Waals surface area contributed by atoms with Crippen molar-refractivity contribution >= 4 is 17.7 Å². The first-order valence-electron chi connectivity index (χ1n) is 6.13. The van der Waals surface area contributed by atoms with Crippen LogP contribution in [0.1, 0.15) is 24.7 Å². The number of carbonyl (C=O) groups excluding carboxylic acids is 1. The Hall–Kier alpha value is -1.82. The van der Waals surface area contributed by atoms with Crippen LogP contribution in [0, 0.1) is 0 Å². The van der Waals surface area contributed by atoms with E-state index in [-0.39, 0.29) is 11.9 Å². The molecule has 6 heteroatoms. The molecule has 1 saturated heterocycles. The number of aromatic nitrogens is 3. The molecule has 19 heavy (non-hydrogen) atoms. The first-order valence-corrected chi connectivity index (χ1v) is 7.36. The smallest absolute Gasteiger partial charge is 0.220 e. The summed E-state index contributed by atoms with van der Waals surface area (Å²) >= 11 is 1.55. The van der Waals surface area contributed by atoms with Crippen molar-refractivity contribution in [2.75, 3.05) is 6.26 Å². The van der Waals surface area contributed by atoms with Crippen molar-refractivity contribution in [3.05, 3.63) is 36.2 Å². The summed E-state index contributed by atoms with van der Waals surface area (Å²) in [5.41, 5.74) is 1.02. The van der Waals surface area contributed by atoms with Crippen molar-refractivity contribution in [3.8, 4) is 5.69 Å². The van der Waals surface area contributed by atoms with Gasteiger partial charge in [-0.1, -0.05) is 30.0 Å². The van der Waals surface area contributed by atoms with Crippen molar-refractivity contribution in [1.29, 1.82) is 0 Å². The number of carbonyl (C=O) groups is 1. The molecule has 5 nitrogen and oxygen atoms in total. The predicted octanol–water partition coefficient (Wildman–Crippen LogP) is 1.94. The van der Waals surface area contributed by atoms with Gasteiger partial charge in [0.05, 0.1) is 6.04 Å². The Kier molecular flexibility index (Phi) is 3.25. The van der Waals surface area contributed by atoms with Crippen molar-refractivity contribution in [2.45, 2.75) is 24.0 Å². The van der Waals surface area contributed by atoms with E-state index in [4.69, 9.17) is 0 Å². The van der Waals surface area contributed by atoms with Crippen LogP contribution in [0.15, 0.2) is 35.5 Å². The standard InChI is InChI=1S/C13H14N4OS/c1-19-13-16-15-12(10-7-8-11(18)14-10)17(13)9-5-3-2-4-6-9/h2-6,10H,7-8H2,1H3,(H,14,18). The van der Waals surface area contributed by atoms with Crippen LogP contribution in [0.25, 0.3) is 5.69 Å². The van der Waals surface area contributed by atoms with Gasteiger partial charge in [0.25, 0.3) is 0 Å². The Morgan fingerprint density at radius 1 is 1.32 bits per heavy atom. The minimum atomic E-state index is -0.0406. The largest absolute Gasteiger partial charge is 0.346 e. The summed E-state index contributed by atoms with van der Waals surface area (Å²) in [7, 11) is 0. The van der Waals surface area contributed by atoms with Crippen LogP contribution in [0.5, 0.6) is 0 Å². The lowest BCUT2D eigenvalue weighted by Crippen LogP contribution is -2.21. The number of para-hydroxylation sites is 1. The molecule has 1 fully saturated rings. The van der Waals surface area contributed by atoms with E-state index in [9.17, 15) is 4.79 Å². The first-order chi connectivity index (χ1) is 9.29. The average Bonchev–Trinajstić information content (AvgIpc) is 3.05. The van der Waals surface area contributed by atoms with Gasteiger partial charge in [-0.05, 0) is 24.8 Å². The number of amides is 1. The predicted molar refractivity (Wildman–Crippen MR) is 73.3 cm³/mol. The lowest BCUT2D eigenvalue weighted by Gasteiger charge is -2.13. The third kappa shape index (κ3) is 2.23. The molecule has 1 aliphatic heterocycles. The van der Waals surface area contributed by atoms with Crippen LogP contribution in [-0.2, 0) is 4.79 Å². The average molecular weight is 274 g/mol. The summed E-state index contributed by atoms with van der Waals surface area (Å²) < 4.78 is 2.01. The van der Waals surface area contributed by atoms with Crippen LogP contribution in [0.3, 0.4) is 0 Å². The molecule has 1 atom stereocenters. The normalized spacial score (nSPS) is 18.6. The molecule has 1 aliphatic rings. The molecule has 1 aromatic heterocycles. The molecule has 1 amide bonds. The maximum Gasteiger partial charge on any atom is 0.220 e. The third-order valence-corrected chi connectivity index (χ3v) is 3.79. The zero-order valence-corrected chi connectivity index (χ0v) is 11.4. The number of hydrogen-bond donors (Lipinski definition) is 1. The molecule has 0 saturated carbocycles. The van der Waals surface area contributed by atoms with Gasteiger partial charge in [-0.25, -0.2) is 0 Å². The van der Waals surface area contributed by atoms with E-state index in [1.165, 1.54) is 0 Å². The van der Waals surface area contributed by atoms with Gasteiger partial charge in [0.15, 0.2) is 11.0 Å². The second-order valence-corrected chi connectivity index (χ2v) is 5.15. The minimum Gasteiger partial charge on any atom is -0.346 e. The van der Waals surface area contributed by atoms with Gasteiger partial charge < -0.3 is 5.32 Å². The van der Waals surface area contributed by atoms with E-state index < -0.39 is 0 Å². The van der Waals surface area contributed by atoms with Crippen LogP contribution in [-0.4, -0.2) is 26.9 Å². The molecule has 1 unspecified atom stereocenters. The van der Waals surface area contributed by atoms with Gasteiger partial charge in [0.1, 0.15) is 0 Å². The monoisotopic (exact) mass is 274 g/mol. The summed E-state index contributed by atoms with van der Waals surface area (Å²) in [6, 6.07) is 9.93. The molecule has 0 aliphatic carbocycles. The first kappa shape index (κ1) is 12.2. The topological polar surface area (TPSA) is 59.8 Å². The lowest BCUT2D eigenvalue weighted by atomic mass is 10.2. The minimum absolute atomic E-state index is 0.0406. The SMILES string of the molecule is CSc1nnc(C2CCC(=O)N2)n1-c1ccccc1. The number of nitrogens with zero attached hydrogens (tertiary/aromatic N) is 3. The van der Waals surface area contributed by atoms with Crippen molar-refractivity contribution in [3.63, 3.8) is 0 Å². The number of nitrogens with one attached hydrogen (secondary N) is 1. The van der Waals surface area contributed by atoms with E-state index >= 15 is 0 Å². The van der Waals surface area contributed by atoms with Gasteiger partial charge in [0, 0.05) is 12.1 Å².